The van der Waals surface area contributed by atoms with Crippen LogP contribution in [0, 0.1) is 0 Å². The molecule has 6 aromatic rings. The fourth-order valence-electron chi connectivity index (χ4n) is 4.75. The van der Waals surface area contributed by atoms with Crippen molar-refractivity contribution in [2.75, 3.05) is 6.54 Å². The van der Waals surface area contributed by atoms with Gasteiger partial charge in [0.05, 0.1) is 11.0 Å². The molecule has 0 aliphatic carbocycles. The van der Waals surface area contributed by atoms with Crippen molar-refractivity contribution in [2.45, 2.75) is 19.6 Å². The van der Waals surface area contributed by atoms with Crippen molar-refractivity contribution in [2.24, 2.45) is 5.73 Å². The number of benzene rings is 4. The summed E-state index contributed by atoms with van der Waals surface area (Å²) in [5, 5.41) is 3.01. The lowest BCUT2D eigenvalue weighted by molar-refractivity contribution is 0.306. The molecule has 6 nitrogen and oxygen atoms in total. The number of aromatic amines is 1. The average Bonchev–Trinajstić information content (AvgIpc) is 3.28. The molecule has 0 bridgehead atoms. The quantitative estimate of drug-likeness (QED) is 0.294. The summed E-state index contributed by atoms with van der Waals surface area (Å²) in [7, 11) is 0. The highest BCUT2D eigenvalue weighted by molar-refractivity contribution is 6.05. The van der Waals surface area contributed by atoms with E-state index < -0.39 is 0 Å². The third-order valence-corrected chi connectivity index (χ3v) is 6.55. The number of aryl methyl sites for hydroxylation is 1. The van der Waals surface area contributed by atoms with E-state index in [9.17, 15) is 4.79 Å². The Hall–Kier alpha value is -4.42. The Kier molecular flexibility index (Phi) is 5.71. The molecule has 0 fully saturated rings. The van der Waals surface area contributed by atoms with Crippen molar-refractivity contribution in [3.63, 3.8) is 0 Å². The summed E-state index contributed by atoms with van der Waals surface area (Å²) in [6.45, 7) is 1.82. The molecule has 0 spiro atoms. The Bertz CT molecular complexity index is 1750. The van der Waals surface area contributed by atoms with Gasteiger partial charge in [-0.3, -0.25) is 4.79 Å². The Morgan fingerprint density at radius 2 is 1.75 bits per heavy atom. The Labute approximate surface area is 208 Å². The molecule has 36 heavy (non-hydrogen) atoms. The van der Waals surface area contributed by atoms with Gasteiger partial charge in [-0.25, -0.2) is 4.98 Å². The summed E-state index contributed by atoms with van der Waals surface area (Å²) in [5.41, 5.74) is 10.4. The minimum atomic E-state index is -0.216. The second-order valence-corrected chi connectivity index (χ2v) is 8.93. The van der Waals surface area contributed by atoms with E-state index in [-0.39, 0.29) is 5.56 Å². The van der Waals surface area contributed by atoms with Gasteiger partial charge in [-0.2, -0.15) is 0 Å². The molecule has 0 saturated carbocycles. The molecule has 4 aromatic carbocycles. The smallest absolute Gasteiger partial charge is 0.275 e. The van der Waals surface area contributed by atoms with Crippen LogP contribution >= 0.6 is 0 Å². The van der Waals surface area contributed by atoms with Gasteiger partial charge in [0.2, 0.25) is 0 Å². The SMILES string of the molecule is NCCCn1cc(-c2nc3c(ccc4ccccc43)[nH]c2=O)c2cc(OCc3ccccc3)ccc21. The number of nitrogens with two attached hydrogens (primary N) is 1. The largest absolute Gasteiger partial charge is 0.489 e. The molecule has 6 heteroatoms. The molecule has 6 rings (SSSR count). The molecule has 0 atom stereocenters. The number of hydrogen-bond donors (Lipinski definition) is 2. The summed E-state index contributed by atoms with van der Waals surface area (Å²) in [6.07, 6.45) is 2.84. The van der Waals surface area contributed by atoms with E-state index in [1.807, 2.05) is 85.1 Å². The van der Waals surface area contributed by atoms with Crippen LogP contribution < -0.4 is 16.0 Å². The molecule has 0 aliphatic rings. The molecule has 2 heterocycles. The summed E-state index contributed by atoms with van der Waals surface area (Å²) in [5.74, 6) is 0.742. The van der Waals surface area contributed by atoms with Gasteiger partial charge in [0, 0.05) is 34.6 Å². The Morgan fingerprint density at radius 1 is 0.917 bits per heavy atom. The number of H-pyrrole nitrogens is 1. The lowest BCUT2D eigenvalue weighted by atomic mass is 10.1. The first kappa shape index (κ1) is 22.1. The molecule has 0 aliphatic heterocycles. The number of nitrogens with zero attached hydrogens (tertiary/aromatic N) is 2. The lowest BCUT2D eigenvalue weighted by Gasteiger charge is -2.08. The number of hydrogen-bond acceptors (Lipinski definition) is 4. The van der Waals surface area contributed by atoms with E-state index in [0.717, 1.165) is 62.6 Å². The minimum Gasteiger partial charge on any atom is -0.489 e. The van der Waals surface area contributed by atoms with E-state index in [4.69, 9.17) is 15.5 Å². The minimum absolute atomic E-state index is 0.216. The maximum absolute atomic E-state index is 13.3. The first-order valence-corrected chi connectivity index (χ1v) is 12.1. The summed E-state index contributed by atoms with van der Waals surface area (Å²) >= 11 is 0. The maximum Gasteiger partial charge on any atom is 0.275 e. The van der Waals surface area contributed by atoms with Gasteiger partial charge in [0.1, 0.15) is 18.1 Å². The first-order chi connectivity index (χ1) is 17.7. The lowest BCUT2D eigenvalue weighted by Crippen LogP contribution is -2.11. The molecule has 2 aromatic heterocycles. The fourth-order valence-corrected chi connectivity index (χ4v) is 4.75. The van der Waals surface area contributed by atoms with Crippen LogP contribution in [0.4, 0.5) is 0 Å². The summed E-state index contributed by atoms with van der Waals surface area (Å²) < 4.78 is 8.25. The van der Waals surface area contributed by atoms with Gasteiger partial charge in [-0.05, 0) is 48.2 Å². The summed E-state index contributed by atoms with van der Waals surface area (Å²) in [6, 6.07) is 28.1. The van der Waals surface area contributed by atoms with Crippen LogP contribution in [0.25, 0.3) is 44.0 Å². The van der Waals surface area contributed by atoms with E-state index in [0.29, 0.717) is 18.8 Å². The standard InChI is InChI=1S/C30H26N4O2/c31-15-6-16-34-18-25(24-17-22(12-14-27(24)34)36-19-20-7-2-1-3-8-20)29-30(35)32-26-13-11-21-9-4-5-10-23(21)28(26)33-29/h1-5,7-14,17-18H,6,15-16,19,31H2,(H,32,35). The van der Waals surface area contributed by atoms with Crippen molar-refractivity contribution < 1.29 is 4.74 Å². The highest BCUT2D eigenvalue weighted by atomic mass is 16.5. The Morgan fingerprint density at radius 3 is 2.61 bits per heavy atom. The van der Waals surface area contributed by atoms with Crippen LogP contribution in [0.1, 0.15) is 12.0 Å². The third kappa shape index (κ3) is 4.01. The first-order valence-electron chi connectivity index (χ1n) is 12.1. The van der Waals surface area contributed by atoms with Gasteiger partial charge in [0.15, 0.2) is 0 Å². The molecular formula is C30H26N4O2. The number of rotatable bonds is 7. The van der Waals surface area contributed by atoms with Crippen molar-refractivity contribution in [3.05, 3.63) is 107 Å². The van der Waals surface area contributed by atoms with Gasteiger partial charge < -0.3 is 20.0 Å². The predicted molar refractivity (Wildman–Crippen MR) is 145 cm³/mol. The Balaban J connectivity index is 1.50. The van der Waals surface area contributed by atoms with E-state index in [2.05, 4.69) is 15.6 Å². The summed E-state index contributed by atoms with van der Waals surface area (Å²) in [4.78, 5) is 21.2. The third-order valence-electron chi connectivity index (χ3n) is 6.55. The van der Waals surface area contributed by atoms with Crippen molar-refractivity contribution in [1.82, 2.24) is 14.5 Å². The highest BCUT2D eigenvalue weighted by Crippen LogP contribution is 2.33. The van der Waals surface area contributed by atoms with E-state index in [1.165, 1.54) is 0 Å². The van der Waals surface area contributed by atoms with Crippen LogP contribution in [0.3, 0.4) is 0 Å². The fraction of sp³-hybridized carbons (Fsp3) is 0.133. The molecule has 0 unspecified atom stereocenters. The monoisotopic (exact) mass is 474 g/mol. The maximum atomic E-state index is 13.3. The van der Waals surface area contributed by atoms with Crippen molar-refractivity contribution >= 4 is 32.7 Å². The second-order valence-electron chi connectivity index (χ2n) is 8.93. The molecule has 3 N–H and O–H groups in total. The van der Waals surface area contributed by atoms with Crippen LogP contribution in [0.5, 0.6) is 5.75 Å². The van der Waals surface area contributed by atoms with Gasteiger partial charge in [-0.15, -0.1) is 0 Å². The van der Waals surface area contributed by atoms with Gasteiger partial charge >= 0.3 is 0 Å². The molecule has 178 valence electrons. The second kappa shape index (κ2) is 9.32. The average molecular weight is 475 g/mol. The number of aromatic nitrogens is 3. The van der Waals surface area contributed by atoms with Crippen LogP contribution in [0.15, 0.2) is 95.9 Å². The zero-order valence-corrected chi connectivity index (χ0v) is 19.8. The predicted octanol–water partition coefficient (Wildman–Crippen LogP) is 5.63. The van der Waals surface area contributed by atoms with Gasteiger partial charge in [-0.1, -0.05) is 60.7 Å². The van der Waals surface area contributed by atoms with Crippen LogP contribution in [-0.4, -0.2) is 21.1 Å². The topological polar surface area (TPSA) is 85.9 Å². The van der Waals surface area contributed by atoms with Gasteiger partial charge in [0.25, 0.3) is 5.56 Å². The zero-order valence-electron chi connectivity index (χ0n) is 19.8. The molecule has 0 amide bonds. The van der Waals surface area contributed by atoms with Crippen molar-refractivity contribution in [3.8, 4) is 17.0 Å². The number of nitrogens with one attached hydrogen (secondary N) is 1. The van der Waals surface area contributed by atoms with Crippen LogP contribution in [0.2, 0.25) is 0 Å². The molecule has 0 saturated heterocycles. The molecular weight excluding hydrogens is 448 g/mol. The zero-order chi connectivity index (χ0) is 24.5. The van der Waals surface area contributed by atoms with E-state index in [1.54, 1.807) is 0 Å². The van der Waals surface area contributed by atoms with Crippen molar-refractivity contribution in [1.29, 1.82) is 0 Å². The highest BCUT2D eigenvalue weighted by Gasteiger charge is 2.17. The normalized spacial score (nSPS) is 11.5. The number of ether oxygens (including phenoxy) is 1. The van der Waals surface area contributed by atoms with E-state index >= 15 is 0 Å². The number of fused-ring (bicyclic) bond motifs is 4. The molecule has 0 radical (unpaired) electrons. The van der Waals surface area contributed by atoms with Crippen LogP contribution in [-0.2, 0) is 13.2 Å².